The number of hydrogen-bond acceptors (Lipinski definition) is 3. The second-order valence-corrected chi connectivity index (χ2v) is 5.26. The van der Waals surface area contributed by atoms with Gasteiger partial charge in [-0.05, 0) is 23.8 Å². The molecular formula is C13H11ClFN3S. The van der Waals surface area contributed by atoms with Gasteiger partial charge in [-0.25, -0.2) is 9.37 Å². The molecule has 0 radical (unpaired) electrons. The predicted octanol–water partition coefficient (Wildman–Crippen LogP) is 3.45. The summed E-state index contributed by atoms with van der Waals surface area (Å²) in [5, 5.41) is 8.59. The molecule has 98 valence electrons. The van der Waals surface area contributed by atoms with E-state index in [2.05, 4.69) is 4.98 Å². The van der Waals surface area contributed by atoms with Gasteiger partial charge >= 0.3 is 0 Å². The molecule has 0 saturated carbocycles. The number of hydrogen-bond donors (Lipinski definition) is 2. The second-order valence-electron chi connectivity index (χ2n) is 3.82. The number of nitrogens with two attached hydrogens (primary N) is 1. The molecular weight excluding hydrogens is 285 g/mol. The number of nitrogens with one attached hydrogen (secondary N) is 1. The molecule has 0 aliphatic carbocycles. The molecule has 3 N–H and O–H groups in total. The molecule has 1 aromatic carbocycles. The Morgan fingerprint density at radius 1 is 1.37 bits per heavy atom. The number of rotatable bonds is 4. The predicted molar refractivity (Wildman–Crippen MR) is 76.2 cm³/mol. The third-order valence-corrected chi connectivity index (χ3v) is 3.66. The van der Waals surface area contributed by atoms with Gasteiger partial charge in [0.25, 0.3) is 0 Å². The molecule has 0 amide bonds. The van der Waals surface area contributed by atoms with Crippen LogP contribution >= 0.6 is 23.4 Å². The topological polar surface area (TPSA) is 62.8 Å². The Balaban J connectivity index is 2.07. The van der Waals surface area contributed by atoms with E-state index >= 15 is 0 Å². The van der Waals surface area contributed by atoms with Crippen molar-refractivity contribution in [1.82, 2.24) is 4.98 Å². The largest absolute Gasteiger partial charge is 0.384 e. The van der Waals surface area contributed by atoms with Gasteiger partial charge in [-0.2, -0.15) is 0 Å². The molecule has 0 atom stereocenters. The molecule has 0 aliphatic heterocycles. The van der Waals surface area contributed by atoms with Crippen LogP contribution in [0.2, 0.25) is 5.02 Å². The molecule has 0 fully saturated rings. The van der Waals surface area contributed by atoms with Crippen molar-refractivity contribution in [3.05, 3.63) is 58.5 Å². The number of nitrogens with zero attached hydrogens (tertiary/aromatic N) is 1. The monoisotopic (exact) mass is 295 g/mol. The van der Waals surface area contributed by atoms with E-state index in [9.17, 15) is 4.39 Å². The molecule has 2 rings (SSSR count). The SMILES string of the molecule is N=C(N)c1ccc(CSc2ccc(Cl)cn2)c(F)c1. The van der Waals surface area contributed by atoms with Crippen LogP contribution in [-0.4, -0.2) is 10.8 Å². The minimum atomic E-state index is -0.367. The van der Waals surface area contributed by atoms with Crippen LogP contribution in [0.1, 0.15) is 11.1 Å². The third-order valence-electron chi connectivity index (χ3n) is 2.44. The van der Waals surface area contributed by atoms with Crippen molar-refractivity contribution in [2.45, 2.75) is 10.8 Å². The first-order valence-corrected chi connectivity index (χ1v) is 6.80. The maximum atomic E-state index is 13.8. The highest BCUT2D eigenvalue weighted by Gasteiger charge is 2.06. The summed E-state index contributed by atoms with van der Waals surface area (Å²) in [4.78, 5) is 4.12. The normalized spacial score (nSPS) is 10.4. The lowest BCUT2D eigenvalue weighted by Crippen LogP contribution is -2.11. The van der Waals surface area contributed by atoms with E-state index in [0.717, 1.165) is 5.03 Å². The van der Waals surface area contributed by atoms with Crippen LogP contribution in [0.4, 0.5) is 4.39 Å². The zero-order valence-corrected chi connectivity index (χ0v) is 11.4. The quantitative estimate of drug-likeness (QED) is 0.516. The number of thioether (sulfide) groups is 1. The number of halogens is 2. The van der Waals surface area contributed by atoms with Crippen molar-refractivity contribution < 1.29 is 4.39 Å². The summed E-state index contributed by atoms with van der Waals surface area (Å²) >= 11 is 7.15. The number of amidine groups is 1. The highest BCUT2D eigenvalue weighted by molar-refractivity contribution is 7.98. The highest BCUT2D eigenvalue weighted by atomic mass is 35.5. The molecule has 6 heteroatoms. The molecule has 3 nitrogen and oxygen atoms in total. The lowest BCUT2D eigenvalue weighted by Gasteiger charge is -2.05. The first kappa shape index (κ1) is 13.8. The van der Waals surface area contributed by atoms with Crippen LogP contribution in [0, 0.1) is 11.2 Å². The Labute approximate surface area is 119 Å². The number of nitrogen functional groups attached to an aromatic ring is 1. The van der Waals surface area contributed by atoms with Gasteiger partial charge in [0, 0.05) is 17.5 Å². The van der Waals surface area contributed by atoms with Gasteiger partial charge in [0.2, 0.25) is 0 Å². The van der Waals surface area contributed by atoms with Gasteiger partial charge < -0.3 is 5.73 Å². The Morgan fingerprint density at radius 3 is 2.74 bits per heavy atom. The fraction of sp³-hybridized carbons (Fsp3) is 0.0769. The van der Waals surface area contributed by atoms with E-state index in [0.29, 0.717) is 21.9 Å². The lowest BCUT2D eigenvalue weighted by molar-refractivity contribution is 0.617. The minimum Gasteiger partial charge on any atom is -0.384 e. The second kappa shape index (κ2) is 6.04. The van der Waals surface area contributed by atoms with Gasteiger partial charge in [-0.3, -0.25) is 5.41 Å². The van der Waals surface area contributed by atoms with E-state index in [1.165, 1.54) is 17.8 Å². The maximum Gasteiger partial charge on any atom is 0.127 e. The number of benzene rings is 1. The van der Waals surface area contributed by atoms with Crippen molar-refractivity contribution in [1.29, 1.82) is 5.41 Å². The molecule has 0 aliphatic rings. The molecule has 0 unspecified atom stereocenters. The van der Waals surface area contributed by atoms with Gasteiger partial charge in [0.05, 0.1) is 10.0 Å². The number of aromatic nitrogens is 1. The molecule has 0 saturated heterocycles. The van der Waals surface area contributed by atoms with E-state index in [-0.39, 0.29) is 11.7 Å². The van der Waals surface area contributed by atoms with E-state index in [1.807, 2.05) is 0 Å². The molecule has 0 bridgehead atoms. The average Bonchev–Trinajstić information content (AvgIpc) is 2.39. The summed E-state index contributed by atoms with van der Waals surface area (Å²) in [5.74, 6) is -0.0508. The fourth-order valence-electron chi connectivity index (χ4n) is 1.43. The molecule has 0 spiro atoms. The van der Waals surface area contributed by atoms with E-state index < -0.39 is 0 Å². The Bertz CT molecular complexity index is 601. The molecule has 1 aromatic heterocycles. The van der Waals surface area contributed by atoms with Crippen molar-refractivity contribution in [2.24, 2.45) is 5.73 Å². The fourth-order valence-corrected chi connectivity index (χ4v) is 2.37. The van der Waals surface area contributed by atoms with Crippen LogP contribution in [0.15, 0.2) is 41.6 Å². The van der Waals surface area contributed by atoms with Crippen molar-refractivity contribution in [3.8, 4) is 0 Å². The van der Waals surface area contributed by atoms with Crippen molar-refractivity contribution in [3.63, 3.8) is 0 Å². The minimum absolute atomic E-state index is 0.141. The maximum absolute atomic E-state index is 13.8. The molecule has 1 heterocycles. The third kappa shape index (κ3) is 3.68. The first-order valence-electron chi connectivity index (χ1n) is 5.43. The zero-order chi connectivity index (χ0) is 13.8. The van der Waals surface area contributed by atoms with Gasteiger partial charge in [-0.15, -0.1) is 11.8 Å². The zero-order valence-electron chi connectivity index (χ0n) is 9.86. The smallest absolute Gasteiger partial charge is 0.127 e. The summed E-state index contributed by atoms with van der Waals surface area (Å²) in [6.45, 7) is 0. The summed E-state index contributed by atoms with van der Waals surface area (Å²) in [5.41, 5.74) is 6.23. The summed E-state index contributed by atoms with van der Waals surface area (Å²) in [6.07, 6.45) is 1.55. The van der Waals surface area contributed by atoms with Crippen molar-refractivity contribution in [2.75, 3.05) is 0 Å². The summed E-state index contributed by atoms with van der Waals surface area (Å²) in [6, 6.07) is 8.07. The average molecular weight is 296 g/mol. The van der Waals surface area contributed by atoms with Crippen LogP contribution < -0.4 is 5.73 Å². The van der Waals surface area contributed by atoms with Crippen LogP contribution in [0.5, 0.6) is 0 Å². The number of pyridine rings is 1. The summed E-state index contributed by atoms with van der Waals surface area (Å²) < 4.78 is 13.8. The van der Waals surface area contributed by atoms with Gasteiger partial charge in [0.1, 0.15) is 11.7 Å². The Kier molecular flexibility index (Phi) is 4.39. The molecule has 19 heavy (non-hydrogen) atoms. The summed E-state index contributed by atoms with van der Waals surface area (Å²) in [7, 11) is 0. The van der Waals surface area contributed by atoms with E-state index in [1.54, 1.807) is 30.5 Å². The van der Waals surface area contributed by atoms with Crippen LogP contribution in [0.25, 0.3) is 0 Å². The van der Waals surface area contributed by atoms with Gasteiger partial charge in [0.15, 0.2) is 0 Å². The van der Waals surface area contributed by atoms with Crippen LogP contribution in [-0.2, 0) is 5.75 Å². The van der Waals surface area contributed by atoms with Crippen LogP contribution in [0.3, 0.4) is 0 Å². The lowest BCUT2D eigenvalue weighted by atomic mass is 10.1. The Hall–Kier alpha value is -1.59. The van der Waals surface area contributed by atoms with Gasteiger partial charge in [-0.1, -0.05) is 23.7 Å². The van der Waals surface area contributed by atoms with Crippen molar-refractivity contribution >= 4 is 29.2 Å². The first-order chi connectivity index (χ1) is 9.06. The molecule has 2 aromatic rings. The standard InChI is InChI=1S/C13H11ClFN3S/c14-10-3-4-12(18-6-10)19-7-9-2-1-8(13(16)17)5-11(9)15/h1-6H,7H2,(H3,16,17). The Morgan fingerprint density at radius 2 is 2.16 bits per heavy atom. The van der Waals surface area contributed by atoms with E-state index in [4.69, 9.17) is 22.7 Å². The highest BCUT2D eigenvalue weighted by Crippen LogP contribution is 2.23.